The Morgan fingerprint density at radius 3 is 2.69 bits per heavy atom. The fourth-order valence-electron chi connectivity index (χ4n) is 2.50. The number of benzene rings is 1. The van der Waals surface area contributed by atoms with Gasteiger partial charge in [0.25, 0.3) is 0 Å². The molecular weight excluding hydrogens is 376 g/mol. The summed E-state index contributed by atoms with van der Waals surface area (Å²) in [5.41, 5.74) is 1.75. The van der Waals surface area contributed by atoms with Gasteiger partial charge in [-0.1, -0.05) is 43.1 Å². The molecule has 1 aromatic carbocycles. The minimum absolute atomic E-state index is 0.0774. The summed E-state index contributed by atoms with van der Waals surface area (Å²) >= 11 is 12.4. The molecule has 0 N–H and O–H groups in total. The lowest BCUT2D eigenvalue weighted by molar-refractivity contribution is -0.125. The van der Waals surface area contributed by atoms with Gasteiger partial charge in [0.15, 0.2) is 0 Å². The van der Waals surface area contributed by atoms with Crippen molar-refractivity contribution >= 4 is 35.2 Å². The molecule has 0 spiro atoms. The predicted molar refractivity (Wildman–Crippen MR) is 104 cm³/mol. The molecule has 0 saturated carbocycles. The summed E-state index contributed by atoms with van der Waals surface area (Å²) in [7, 11) is 1.59. The highest BCUT2D eigenvalue weighted by Crippen LogP contribution is 2.23. The highest BCUT2D eigenvalue weighted by Gasteiger charge is 2.15. The maximum atomic E-state index is 13.9. The fraction of sp³-hybridized carbons (Fsp3) is 0.368. The Morgan fingerprint density at radius 1 is 1.38 bits per heavy atom. The number of hydrogen-bond donors (Lipinski definition) is 0. The Balaban J connectivity index is 2.13. The zero-order valence-corrected chi connectivity index (χ0v) is 16.8. The van der Waals surface area contributed by atoms with Gasteiger partial charge in [-0.05, 0) is 31.1 Å². The molecule has 0 fully saturated rings. The van der Waals surface area contributed by atoms with E-state index in [-0.39, 0.29) is 18.0 Å². The third-order valence-electron chi connectivity index (χ3n) is 3.87. The zero-order chi connectivity index (χ0) is 19.4. The van der Waals surface area contributed by atoms with Crippen LogP contribution >= 0.6 is 23.2 Å². The van der Waals surface area contributed by atoms with E-state index in [1.807, 2.05) is 6.92 Å². The standard InChI is InChI=1S/C19H22Cl2FN3O/c1-12(2)10-25-19(21)14(13(3)23-25)8-9-18(26)24(4)11-15-16(20)6-5-7-17(15)22/h5-9,12H,10-11H2,1-4H3/b9-8+. The summed E-state index contributed by atoms with van der Waals surface area (Å²) in [6, 6.07) is 4.45. The molecule has 0 unspecified atom stereocenters. The van der Waals surface area contributed by atoms with E-state index in [0.29, 0.717) is 28.2 Å². The van der Waals surface area contributed by atoms with Gasteiger partial charge in [0, 0.05) is 42.4 Å². The number of aryl methyl sites for hydroxylation is 1. The maximum absolute atomic E-state index is 13.9. The number of carbonyl (C=O) groups excluding carboxylic acids is 1. The molecule has 7 heteroatoms. The van der Waals surface area contributed by atoms with Crippen molar-refractivity contribution in [3.8, 4) is 0 Å². The maximum Gasteiger partial charge on any atom is 0.246 e. The lowest BCUT2D eigenvalue weighted by Crippen LogP contribution is -2.24. The van der Waals surface area contributed by atoms with E-state index >= 15 is 0 Å². The van der Waals surface area contributed by atoms with Crippen LogP contribution in [0, 0.1) is 18.7 Å². The number of hydrogen-bond acceptors (Lipinski definition) is 2. The third kappa shape index (κ3) is 4.86. The van der Waals surface area contributed by atoms with Crippen LogP contribution in [0.4, 0.5) is 4.39 Å². The molecule has 0 atom stereocenters. The highest BCUT2D eigenvalue weighted by molar-refractivity contribution is 6.31. The summed E-state index contributed by atoms with van der Waals surface area (Å²) in [6.45, 7) is 6.78. The van der Waals surface area contributed by atoms with E-state index in [1.165, 1.54) is 23.1 Å². The van der Waals surface area contributed by atoms with E-state index in [0.717, 1.165) is 5.69 Å². The van der Waals surface area contributed by atoms with Gasteiger partial charge in [-0.25, -0.2) is 4.39 Å². The van der Waals surface area contributed by atoms with E-state index in [4.69, 9.17) is 23.2 Å². The summed E-state index contributed by atoms with van der Waals surface area (Å²) in [6.07, 6.45) is 3.05. The van der Waals surface area contributed by atoms with Crippen molar-refractivity contribution in [3.63, 3.8) is 0 Å². The normalized spacial score (nSPS) is 11.5. The van der Waals surface area contributed by atoms with Crippen LogP contribution in [0.3, 0.4) is 0 Å². The second-order valence-corrected chi connectivity index (χ2v) is 7.36. The number of amides is 1. The Labute approximate surface area is 163 Å². The molecule has 0 radical (unpaired) electrons. The molecule has 0 aliphatic carbocycles. The Hall–Kier alpha value is -1.85. The fourth-order valence-corrected chi connectivity index (χ4v) is 3.03. The van der Waals surface area contributed by atoms with E-state index in [2.05, 4.69) is 18.9 Å². The molecule has 1 heterocycles. The molecule has 0 aliphatic heterocycles. The molecule has 0 saturated heterocycles. The highest BCUT2D eigenvalue weighted by atomic mass is 35.5. The summed E-state index contributed by atoms with van der Waals surface area (Å²) in [4.78, 5) is 13.7. The second-order valence-electron chi connectivity index (χ2n) is 6.59. The lowest BCUT2D eigenvalue weighted by atomic mass is 10.2. The zero-order valence-electron chi connectivity index (χ0n) is 15.3. The van der Waals surface area contributed by atoms with Crippen molar-refractivity contribution < 1.29 is 9.18 Å². The molecule has 0 aliphatic rings. The number of nitrogens with zero attached hydrogens (tertiary/aromatic N) is 3. The molecule has 4 nitrogen and oxygen atoms in total. The Bertz CT molecular complexity index is 810. The SMILES string of the molecule is Cc1nn(CC(C)C)c(Cl)c1/C=C/C(=O)N(C)Cc1c(F)cccc1Cl. The molecule has 26 heavy (non-hydrogen) atoms. The molecular formula is C19H22Cl2FN3O. The molecule has 2 aromatic rings. The van der Waals surface area contributed by atoms with Crippen LogP contribution in [0.1, 0.15) is 30.7 Å². The molecule has 0 bridgehead atoms. The topological polar surface area (TPSA) is 38.1 Å². The van der Waals surface area contributed by atoms with Crippen LogP contribution in [-0.4, -0.2) is 27.6 Å². The van der Waals surface area contributed by atoms with Crippen LogP contribution in [0.5, 0.6) is 0 Å². The largest absolute Gasteiger partial charge is 0.338 e. The quantitative estimate of drug-likeness (QED) is 0.645. The first-order valence-electron chi connectivity index (χ1n) is 8.29. The van der Waals surface area contributed by atoms with E-state index < -0.39 is 5.82 Å². The van der Waals surface area contributed by atoms with Crippen LogP contribution in [0.2, 0.25) is 10.2 Å². The minimum Gasteiger partial charge on any atom is -0.338 e. The van der Waals surface area contributed by atoms with Crippen LogP contribution in [-0.2, 0) is 17.9 Å². The van der Waals surface area contributed by atoms with Gasteiger partial charge in [0.05, 0.1) is 5.69 Å². The van der Waals surface area contributed by atoms with Gasteiger partial charge in [-0.3, -0.25) is 9.48 Å². The van der Waals surface area contributed by atoms with Crippen molar-refractivity contribution in [1.82, 2.24) is 14.7 Å². The van der Waals surface area contributed by atoms with Crippen molar-refractivity contribution in [2.45, 2.75) is 33.9 Å². The van der Waals surface area contributed by atoms with Crippen molar-refractivity contribution in [3.05, 3.63) is 57.1 Å². The van der Waals surface area contributed by atoms with Crippen molar-refractivity contribution in [2.24, 2.45) is 5.92 Å². The number of aromatic nitrogens is 2. The number of halogens is 3. The third-order valence-corrected chi connectivity index (χ3v) is 4.63. The predicted octanol–water partition coefficient (Wildman–Crippen LogP) is 4.97. The summed E-state index contributed by atoms with van der Waals surface area (Å²) < 4.78 is 15.6. The first-order valence-corrected chi connectivity index (χ1v) is 9.05. The van der Waals surface area contributed by atoms with Gasteiger partial charge >= 0.3 is 0 Å². The number of carbonyl (C=O) groups is 1. The van der Waals surface area contributed by atoms with Crippen molar-refractivity contribution in [1.29, 1.82) is 0 Å². The molecule has 140 valence electrons. The van der Waals surface area contributed by atoms with Crippen LogP contribution < -0.4 is 0 Å². The first kappa shape index (κ1) is 20.5. The average molecular weight is 398 g/mol. The van der Waals surface area contributed by atoms with Gasteiger partial charge in [-0.15, -0.1) is 0 Å². The summed E-state index contributed by atoms with van der Waals surface area (Å²) in [5.74, 6) is -0.312. The minimum atomic E-state index is -0.435. The van der Waals surface area contributed by atoms with E-state index in [9.17, 15) is 9.18 Å². The van der Waals surface area contributed by atoms with Crippen LogP contribution in [0.15, 0.2) is 24.3 Å². The van der Waals surface area contributed by atoms with Gasteiger partial charge in [0.2, 0.25) is 5.91 Å². The smallest absolute Gasteiger partial charge is 0.246 e. The Kier molecular flexibility index (Phi) is 6.84. The first-order chi connectivity index (χ1) is 12.2. The average Bonchev–Trinajstić information content (AvgIpc) is 2.81. The van der Waals surface area contributed by atoms with Gasteiger partial charge in [0.1, 0.15) is 11.0 Å². The summed E-state index contributed by atoms with van der Waals surface area (Å²) in [5, 5.41) is 5.20. The van der Waals surface area contributed by atoms with Gasteiger partial charge in [-0.2, -0.15) is 5.10 Å². The molecule has 1 amide bonds. The number of likely N-dealkylation sites (N-methyl/N-ethyl adjacent to an activating group) is 1. The van der Waals surface area contributed by atoms with E-state index in [1.54, 1.807) is 23.9 Å². The Morgan fingerprint density at radius 2 is 2.08 bits per heavy atom. The van der Waals surface area contributed by atoms with Gasteiger partial charge < -0.3 is 4.90 Å². The van der Waals surface area contributed by atoms with Crippen LogP contribution in [0.25, 0.3) is 6.08 Å². The second kappa shape index (κ2) is 8.69. The van der Waals surface area contributed by atoms with Crippen molar-refractivity contribution in [2.75, 3.05) is 7.05 Å². The lowest BCUT2D eigenvalue weighted by Gasteiger charge is -2.16. The molecule has 1 aromatic heterocycles. The number of rotatable bonds is 6. The molecule has 2 rings (SSSR count). The monoisotopic (exact) mass is 397 g/mol.